The van der Waals surface area contributed by atoms with Gasteiger partial charge >= 0.3 is 0 Å². The van der Waals surface area contributed by atoms with Gasteiger partial charge in [0.1, 0.15) is 0 Å². The molecule has 0 aromatic carbocycles. The molecular weight excluding hydrogens is 190 g/mol. The second-order valence-electron chi connectivity index (χ2n) is 4.83. The van der Waals surface area contributed by atoms with Crippen LogP contribution in [-0.2, 0) is 9.47 Å². The Morgan fingerprint density at radius 1 is 1.20 bits per heavy atom. The van der Waals surface area contributed by atoms with Crippen molar-refractivity contribution in [1.82, 2.24) is 5.32 Å². The average Bonchev–Trinajstić information content (AvgIpc) is 2.15. The fourth-order valence-electron chi connectivity index (χ4n) is 1.26. The summed E-state index contributed by atoms with van der Waals surface area (Å²) in [6.45, 7) is 12.3. The molecule has 2 unspecified atom stereocenters. The Labute approximate surface area is 94.5 Å². The number of methoxy groups -OCH3 is 1. The van der Waals surface area contributed by atoms with Crippen LogP contribution in [0, 0.1) is 0 Å². The summed E-state index contributed by atoms with van der Waals surface area (Å²) in [4.78, 5) is 0. The van der Waals surface area contributed by atoms with Crippen molar-refractivity contribution in [3.05, 3.63) is 0 Å². The molecule has 0 saturated carbocycles. The fraction of sp³-hybridized carbons (Fsp3) is 1.00. The molecule has 0 aliphatic carbocycles. The molecule has 0 rings (SSSR count). The van der Waals surface area contributed by atoms with Crippen LogP contribution in [0.5, 0.6) is 0 Å². The summed E-state index contributed by atoms with van der Waals surface area (Å²) < 4.78 is 10.8. The maximum Gasteiger partial charge on any atom is 0.0784 e. The van der Waals surface area contributed by atoms with Crippen LogP contribution in [0.1, 0.15) is 41.0 Å². The van der Waals surface area contributed by atoms with Crippen molar-refractivity contribution in [2.45, 2.75) is 58.8 Å². The highest BCUT2D eigenvalue weighted by molar-refractivity contribution is 4.76. The monoisotopic (exact) mass is 217 g/mol. The van der Waals surface area contributed by atoms with Crippen molar-refractivity contribution < 1.29 is 9.47 Å². The van der Waals surface area contributed by atoms with Crippen LogP contribution in [0.4, 0.5) is 0 Å². The molecule has 3 nitrogen and oxygen atoms in total. The van der Waals surface area contributed by atoms with E-state index in [1.807, 2.05) is 6.92 Å². The highest BCUT2D eigenvalue weighted by Crippen LogP contribution is 2.07. The third-order valence-corrected chi connectivity index (χ3v) is 2.62. The molecule has 3 heteroatoms. The molecule has 0 aliphatic rings. The van der Waals surface area contributed by atoms with E-state index in [0.717, 1.165) is 13.0 Å². The summed E-state index contributed by atoms with van der Waals surface area (Å²) in [5.74, 6) is 0. The van der Waals surface area contributed by atoms with Gasteiger partial charge in [-0.2, -0.15) is 0 Å². The molecule has 0 fully saturated rings. The predicted octanol–water partition coefficient (Wildman–Crippen LogP) is 2.20. The Morgan fingerprint density at radius 3 is 2.27 bits per heavy atom. The molecular formula is C12H27NO2. The van der Waals surface area contributed by atoms with E-state index in [9.17, 15) is 0 Å². The van der Waals surface area contributed by atoms with Gasteiger partial charge in [-0.25, -0.2) is 0 Å². The molecule has 2 atom stereocenters. The van der Waals surface area contributed by atoms with E-state index in [2.05, 4.69) is 33.0 Å². The van der Waals surface area contributed by atoms with Crippen molar-refractivity contribution in [2.75, 3.05) is 20.3 Å². The Kier molecular flexibility index (Phi) is 7.14. The second kappa shape index (κ2) is 7.20. The third kappa shape index (κ3) is 7.77. The number of hydrogen-bond acceptors (Lipinski definition) is 3. The molecule has 15 heavy (non-hydrogen) atoms. The van der Waals surface area contributed by atoms with Crippen LogP contribution in [0.2, 0.25) is 0 Å². The average molecular weight is 217 g/mol. The molecule has 0 aromatic heterocycles. The van der Waals surface area contributed by atoms with Gasteiger partial charge in [0, 0.05) is 19.2 Å². The van der Waals surface area contributed by atoms with Gasteiger partial charge in [0.25, 0.3) is 0 Å². The van der Waals surface area contributed by atoms with Crippen molar-refractivity contribution in [1.29, 1.82) is 0 Å². The van der Waals surface area contributed by atoms with E-state index in [1.165, 1.54) is 0 Å². The van der Waals surface area contributed by atoms with Crippen LogP contribution in [-0.4, -0.2) is 38.0 Å². The number of nitrogens with one attached hydrogen (secondary N) is 1. The Hall–Kier alpha value is -0.120. The summed E-state index contributed by atoms with van der Waals surface area (Å²) >= 11 is 0. The number of rotatable bonds is 8. The molecule has 0 heterocycles. The SMILES string of the molecule is CCC(C)(C)NCC(C)OC(C)COC. The minimum Gasteiger partial charge on any atom is -0.382 e. The molecule has 1 N–H and O–H groups in total. The zero-order chi connectivity index (χ0) is 11.9. The van der Waals surface area contributed by atoms with Gasteiger partial charge in [-0.1, -0.05) is 6.92 Å². The van der Waals surface area contributed by atoms with Crippen LogP contribution in [0.3, 0.4) is 0 Å². The summed E-state index contributed by atoms with van der Waals surface area (Å²) in [7, 11) is 1.70. The molecule has 0 aromatic rings. The van der Waals surface area contributed by atoms with Crippen molar-refractivity contribution in [2.24, 2.45) is 0 Å². The lowest BCUT2D eigenvalue weighted by molar-refractivity contribution is -0.0320. The summed E-state index contributed by atoms with van der Waals surface area (Å²) in [6, 6.07) is 0. The van der Waals surface area contributed by atoms with E-state index in [0.29, 0.717) is 6.61 Å². The van der Waals surface area contributed by atoms with E-state index < -0.39 is 0 Å². The van der Waals surface area contributed by atoms with E-state index in [1.54, 1.807) is 7.11 Å². The molecule has 0 aliphatic heterocycles. The maximum atomic E-state index is 5.74. The first-order valence-electron chi connectivity index (χ1n) is 5.80. The first-order chi connectivity index (χ1) is 6.91. The van der Waals surface area contributed by atoms with Crippen LogP contribution < -0.4 is 5.32 Å². The lowest BCUT2D eigenvalue weighted by Crippen LogP contribution is -2.43. The van der Waals surface area contributed by atoms with E-state index >= 15 is 0 Å². The highest BCUT2D eigenvalue weighted by Gasteiger charge is 2.16. The van der Waals surface area contributed by atoms with Gasteiger partial charge in [0.05, 0.1) is 18.8 Å². The molecule has 0 spiro atoms. The van der Waals surface area contributed by atoms with Crippen LogP contribution in [0.15, 0.2) is 0 Å². The summed E-state index contributed by atoms with van der Waals surface area (Å²) in [5.41, 5.74) is 0.197. The standard InChI is InChI=1S/C12H27NO2/c1-7-12(4,5)13-8-10(2)15-11(3)9-14-6/h10-11,13H,7-9H2,1-6H3. The first-order valence-corrected chi connectivity index (χ1v) is 5.80. The molecule has 0 amide bonds. The molecule has 92 valence electrons. The van der Waals surface area contributed by atoms with Gasteiger partial charge in [-0.3, -0.25) is 0 Å². The minimum atomic E-state index is 0.163. The van der Waals surface area contributed by atoms with Gasteiger partial charge in [-0.15, -0.1) is 0 Å². The molecule has 0 radical (unpaired) electrons. The Balaban J connectivity index is 3.69. The molecule has 0 bridgehead atoms. The molecule has 0 saturated heterocycles. The lowest BCUT2D eigenvalue weighted by atomic mass is 10.0. The van der Waals surface area contributed by atoms with Crippen molar-refractivity contribution in [3.63, 3.8) is 0 Å². The second-order valence-corrected chi connectivity index (χ2v) is 4.83. The van der Waals surface area contributed by atoms with Gasteiger partial charge in [-0.05, 0) is 34.1 Å². The normalized spacial score (nSPS) is 16.4. The maximum absolute atomic E-state index is 5.74. The quantitative estimate of drug-likeness (QED) is 0.676. The Bertz CT molecular complexity index is 160. The smallest absolute Gasteiger partial charge is 0.0784 e. The minimum absolute atomic E-state index is 0.163. The van der Waals surface area contributed by atoms with Gasteiger partial charge in [0.2, 0.25) is 0 Å². The van der Waals surface area contributed by atoms with Gasteiger partial charge < -0.3 is 14.8 Å². The first kappa shape index (κ1) is 14.9. The largest absolute Gasteiger partial charge is 0.382 e. The van der Waals surface area contributed by atoms with E-state index in [4.69, 9.17) is 9.47 Å². The van der Waals surface area contributed by atoms with Crippen molar-refractivity contribution >= 4 is 0 Å². The van der Waals surface area contributed by atoms with Crippen LogP contribution in [0.25, 0.3) is 0 Å². The lowest BCUT2D eigenvalue weighted by Gasteiger charge is -2.27. The zero-order valence-corrected chi connectivity index (χ0v) is 11.1. The topological polar surface area (TPSA) is 30.5 Å². The van der Waals surface area contributed by atoms with Gasteiger partial charge in [0.15, 0.2) is 0 Å². The number of hydrogen-bond donors (Lipinski definition) is 1. The fourth-order valence-corrected chi connectivity index (χ4v) is 1.26. The van der Waals surface area contributed by atoms with Crippen LogP contribution >= 0.6 is 0 Å². The Morgan fingerprint density at radius 2 is 1.80 bits per heavy atom. The summed E-state index contributed by atoms with van der Waals surface area (Å²) in [6.07, 6.45) is 1.50. The van der Waals surface area contributed by atoms with Crippen molar-refractivity contribution in [3.8, 4) is 0 Å². The third-order valence-electron chi connectivity index (χ3n) is 2.62. The highest BCUT2D eigenvalue weighted by atomic mass is 16.5. The predicted molar refractivity (Wildman–Crippen MR) is 64.3 cm³/mol. The van der Waals surface area contributed by atoms with E-state index in [-0.39, 0.29) is 17.7 Å². The summed E-state index contributed by atoms with van der Waals surface area (Å²) in [5, 5.41) is 3.49. The zero-order valence-electron chi connectivity index (χ0n) is 11.1. The number of ether oxygens (including phenoxy) is 2.